The Balaban J connectivity index is 0.00000364. The van der Waals surface area contributed by atoms with Gasteiger partial charge in [0.15, 0.2) is 5.96 Å². The summed E-state index contributed by atoms with van der Waals surface area (Å²) in [7, 11) is 3.77. The lowest BCUT2D eigenvalue weighted by Crippen LogP contribution is -2.40. The Morgan fingerprint density at radius 1 is 1.33 bits per heavy atom. The number of ether oxygens (including phenoxy) is 2. The molecule has 0 aromatic carbocycles. The monoisotopic (exact) mass is 493 g/mol. The van der Waals surface area contributed by atoms with Crippen LogP contribution >= 0.6 is 24.0 Å². The molecule has 1 aromatic rings. The van der Waals surface area contributed by atoms with Crippen LogP contribution in [0.2, 0.25) is 0 Å². The van der Waals surface area contributed by atoms with Crippen molar-refractivity contribution in [2.45, 2.75) is 46.7 Å². The molecule has 0 atom stereocenters. The topological polar surface area (TPSA) is 63.9 Å². The predicted octanol–water partition coefficient (Wildman–Crippen LogP) is 2.59. The van der Waals surface area contributed by atoms with Crippen LogP contribution in [0.3, 0.4) is 0 Å². The molecule has 0 bridgehead atoms. The molecule has 1 saturated carbocycles. The van der Waals surface area contributed by atoms with Crippen molar-refractivity contribution in [2.24, 2.45) is 10.9 Å². The average Bonchev–Trinajstić information content (AvgIpc) is 3.41. The van der Waals surface area contributed by atoms with E-state index in [0.29, 0.717) is 13.2 Å². The van der Waals surface area contributed by atoms with Crippen LogP contribution in [0.5, 0.6) is 0 Å². The van der Waals surface area contributed by atoms with Crippen LogP contribution in [0.15, 0.2) is 4.99 Å². The van der Waals surface area contributed by atoms with Crippen molar-refractivity contribution >= 4 is 29.9 Å². The van der Waals surface area contributed by atoms with E-state index in [0.717, 1.165) is 56.1 Å². The van der Waals surface area contributed by atoms with Crippen molar-refractivity contribution in [1.82, 2.24) is 20.0 Å². The molecule has 1 aliphatic carbocycles. The number of halogens is 1. The Kier molecular flexibility index (Phi) is 11.2. The molecule has 1 N–H and O–H groups in total. The molecule has 2 rings (SSSR count). The number of rotatable bonds is 11. The van der Waals surface area contributed by atoms with Crippen LogP contribution < -0.4 is 5.32 Å². The lowest BCUT2D eigenvalue weighted by atomic mass is 10.2. The van der Waals surface area contributed by atoms with Crippen LogP contribution in [0.1, 0.15) is 36.7 Å². The van der Waals surface area contributed by atoms with Crippen molar-refractivity contribution in [1.29, 1.82) is 0 Å². The molecule has 156 valence electrons. The maximum Gasteiger partial charge on any atom is 0.194 e. The maximum atomic E-state index is 5.75. The van der Waals surface area contributed by atoms with E-state index in [1.807, 2.05) is 11.6 Å². The molecule has 8 heteroatoms. The predicted molar refractivity (Wildman–Crippen MR) is 120 cm³/mol. The fourth-order valence-electron chi connectivity index (χ4n) is 2.82. The minimum absolute atomic E-state index is 0. The third-order valence-electron chi connectivity index (χ3n) is 4.74. The van der Waals surface area contributed by atoms with Gasteiger partial charge in [-0.15, -0.1) is 24.0 Å². The molecule has 0 spiro atoms. The van der Waals surface area contributed by atoms with E-state index in [9.17, 15) is 0 Å². The largest absolute Gasteiger partial charge is 0.383 e. The van der Waals surface area contributed by atoms with Crippen molar-refractivity contribution in [3.63, 3.8) is 0 Å². The molecule has 7 nitrogen and oxygen atoms in total. The fraction of sp³-hybridized carbons (Fsp3) is 0.789. The number of likely N-dealkylation sites (N-methyl/N-ethyl adjacent to an activating group) is 1. The summed E-state index contributed by atoms with van der Waals surface area (Å²) in [6.07, 6.45) is 2.66. The van der Waals surface area contributed by atoms with Gasteiger partial charge in [-0.25, -0.2) is 4.99 Å². The second-order valence-corrected chi connectivity index (χ2v) is 6.98. The van der Waals surface area contributed by atoms with Gasteiger partial charge in [0.05, 0.1) is 32.0 Å². The third kappa shape index (κ3) is 7.95. The first kappa shape index (κ1) is 24.2. The Morgan fingerprint density at radius 2 is 2.07 bits per heavy atom. The molecule has 0 radical (unpaired) electrons. The first-order valence-electron chi connectivity index (χ1n) is 9.65. The number of hydrogen-bond donors (Lipinski definition) is 1. The van der Waals surface area contributed by atoms with Gasteiger partial charge >= 0.3 is 0 Å². The molecule has 1 aliphatic rings. The van der Waals surface area contributed by atoms with Gasteiger partial charge in [-0.1, -0.05) is 0 Å². The average molecular weight is 493 g/mol. The quantitative estimate of drug-likeness (QED) is 0.222. The Morgan fingerprint density at radius 3 is 2.70 bits per heavy atom. The molecule has 1 heterocycles. The summed E-state index contributed by atoms with van der Waals surface area (Å²) in [5.74, 6) is 1.72. The minimum Gasteiger partial charge on any atom is -0.383 e. The molecule has 0 unspecified atom stereocenters. The van der Waals surface area contributed by atoms with Gasteiger partial charge < -0.3 is 19.7 Å². The van der Waals surface area contributed by atoms with Crippen LogP contribution in [0, 0.1) is 19.8 Å². The minimum atomic E-state index is 0. The highest BCUT2D eigenvalue weighted by Crippen LogP contribution is 2.28. The van der Waals surface area contributed by atoms with E-state index >= 15 is 0 Å². The second-order valence-electron chi connectivity index (χ2n) is 6.98. The Bertz CT molecular complexity index is 587. The zero-order valence-corrected chi connectivity index (χ0v) is 19.8. The van der Waals surface area contributed by atoms with Gasteiger partial charge in [-0.2, -0.15) is 5.10 Å². The standard InChI is InChI=1S/C19H35N5O2.HI/c1-6-20-19(23(4)9-12-26-14-17-7-8-17)21-13-18-15(2)22-24(16(18)3)10-11-25-5;/h17H,6-14H2,1-5H3,(H,20,21);1H. The van der Waals surface area contributed by atoms with Crippen LogP contribution in [0.4, 0.5) is 0 Å². The Hall–Kier alpha value is -0.870. The number of guanidine groups is 1. The van der Waals surface area contributed by atoms with E-state index < -0.39 is 0 Å². The van der Waals surface area contributed by atoms with Crippen molar-refractivity contribution in [3.05, 3.63) is 17.0 Å². The van der Waals surface area contributed by atoms with Crippen molar-refractivity contribution < 1.29 is 9.47 Å². The van der Waals surface area contributed by atoms with Crippen molar-refractivity contribution in [2.75, 3.05) is 47.1 Å². The molecule has 0 aliphatic heterocycles. The molecular weight excluding hydrogens is 457 g/mol. The van der Waals surface area contributed by atoms with E-state index in [1.54, 1.807) is 7.11 Å². The number of nitrogens with one attached hydrogen (secondary N) is 1. The molecule has 0 amide bonds. The number of nitrogens with zero attached hydrogens (tertiary/aromatic N) is 4. The van der Waals surface area contributed by atoms with Crippen LogP contribution in [-0.2, 0) is 22.6 Å². The van der Waals surface area contributed by atoms with Gasteiger partial charge in [0.2, 0.25) is 0 Å². The molecule has 1 fully saturated rings. The number of aromatic nitrogens is 2. The third-order valence-corrected chi connectivity index (χ3v) is 4.74. The highest BCUT2D eigenvalue weighted by molar-refractivity contribution is 14.0. The smallest absolute Gasteiger partial charge is 0.194 e. The highest BCUT2D eigenvalue weighted by Gasteiger charge is 2.21. The Labute approximate surface area is 180 Å². The SMILES string of the molecule is CCNC(=NCc1c(C)nn(CCOC)c1C)N(C)CCOCC1CC1.I. The van der Waals surface area contributed by atoms with Gasteiger partial charge in [0, 0.05) is 45.1 Å². The van der Waals surface area contributed by atoms with E-state index in [1.165, 1.54) is 18.4 Å². The number of hydrogen-bond acceptors (Lipinski definition) is 4. The lowest BCUT2D eigenvalue weighted by Gasteiger charge is -2.22. The van der Waals surface area contributed by atoms with Crippen LogP contribution in [-0.4, -0.2) is 67.7 Å². The number of aliphatic imine (C=N–C) groups is 1. The fourth-order valence-corrected chi connectivity index (χ4v) is 2.82. The van der Waals surface area contributed by atoms with Gasteiger partial charge in [0.1, 0.15) is 0 Å². The molecule has 0 saturated heterocycles. The van der Waals surface area contributed by atoms with Gasteiger partial charge in [0.25, 0.3) is 0 Å². The zero-order chi connectivity index (χ0) is 18.9. The molecule has 1 aromatic heterocycles. The number of methoxy groups -OCH3 is 1. The first-order chi connectivity index (χ1) is 12.6. The second kappa shape index (κ2) is 12.6. The molecule has 27 heavy (non-hydrogen) atoms. The van der Waals surface area contributed by atoms with E-state index in [4.69, 9.17) is 14.5 Å². The summed E-state index contributed by atoms with van der Waals surface area (Å²) >= 11 is 0. The summed E-state index contributed by atoms with van der Waals surface area (Å²) < 4.78 is 12.9. The van der Waals surface area contributed by atoms with E-state index in [2.05, 4.69) is 36.2 Å². The summed E-state index contributed by atoms with van der Waals surface area (Å²) in [5, 5.41) is 7.98. The van der Waals surface area contributed by atoms with E-state index in [-0.39, 0.29) is 24.0 Å². The summed E-state index contributed by atoms with van der Waals surface area (Å²) in [6.45, 7) is 11.6. The van der Waals surface area contributed by atoms with Crippen molar-refractivity contribution in [3.8, 4) is 0 Å². The summed E-state index contributed by atoms with van der Waals surface area (Å²) in [4.78, 5) is 6.95. The normalized spacial score (nSPS) is 14.2. The zero-order valence-electron chi connectivity index (χ0n) is 17.5. The highest BCUT2D eigenvalue weighted by atomic mass is 127. The van der Waals surface area contributed by atoms with Gasteiger partial charge in [-0.05, 0) is 39.5 Å². The summed E-state index contributed by atoms with van der Waals surface area (Å²) in [6, 6.07) is 0. The van der Waals surface area contributed by atoms with Crippen LogP contribution in [0.25, 0.3) is 0 Å². The molecular formula is C19H36IN5O2. The maximum absolute atomic E-state index is 5.75. The first-order valence-corrected chi connectivity index (χ1v) is 9.65. The number of aryl methyl sites for hydroxylation is 1. The van der Waals surface area contributed by atoms with Gasteiger partial charge in [-0.3, -0.25) is 4.68 Å². The lowest BCUT2D eigenvalue weighted by molar-refractivity contribution is 0.115. The summed E-state index contributed by atoms with van der Waals surface area (Å²) in [5.41, 5.74) is 3.39.